The monoisotopic (exact) mass is 766 g/mol. The Morgan fingerprint density at radius 3 is 2.02 bits per heavy atom. The van der Waals surface area contributed by atoms with Gasteiger partial charge in [0.2, 0.25) is 0 Å². The number of ether oxygens (including phenoxy) is 1. The van der Waals surface area contributed by atoms with Gasteiger partial charge in [-0.15, -0.1) is 0 Å². The Hall–Kier alpha value is -6.26. The Balaban J connectivity index is 1.40. The van der Waals surface area contributed by atoms with Crippen molar-refractivity contribution in [3.8, 4) is 67.5 Å². The van der Waals surface area contributed by atoms with Gasteiger partial charge in [-0.1, -0.05) is 132 Å². The lowest BCUT2D eigenvalue weighted by molar-refractivity contribution is 0.413. The fraction of sp³-hybridized carbons (Fsp3) is 0.222. The minimum absolute atomic E-state index is 0.0134. The van der Waals surface area contributed by atoms with Gasteiger partial charge in [-0.3, -0.25) is 9.55 Å². The molecule has 4 heteroatoms. The van der Waals surface area contributed by atoms with Crippen molar-refractivity contribution in [3.63, 3.8) is 0 Å². The lowest BCUT2D eigenvalue weighted by Crippen LogP contribution is -2.12. The molecule has 0 saturated carbocycles. The molecular formula is C54H53N3O. The van der Waals surface area contributed by atoms with Gasteiger partial charge in [0.1, 0.15) is 11.6 Å². The molecule has 0 unspecified atom stereocenters. The predicted molar refractivity (Wildman–Crippen MR) is 244 cm³/mol. The highest BCUT2D eigenvalue weighted by molar-refractivity contribution is 5.97. The summed E-state index contributed by atoms with van der Waals surface area (Å²) in [7, 11) is 1.70. The van der Waals surface area contributed by atoms with Crippen LogP contribution in [0.2, 0.25) is 0 Å². The molecule has 8 aromatic rings. The molecule has 8 rings (SSSR count). The van der Waals surface area contributed by atoms with Gasteiger partial charge in [-0.25, -0.2) is 4.98 Å². The normalized spacial score (nSPS) is 13.9. The molecule has 0 spiro atoms. The second-order valence-corrected chi connectivity index (χ2v) is 17.2. The van der Waals surface area contributed by atoms with Crippen LogP contribution in [0, 0.1) is 20.7 Å². The van der Waals surface area contributed by atoms with Crippen molar-refractivity contribution in [1.82, 2.24) is 14.5 Å². The molecule has 58 heavy (non-hydrogen) atoms. The summed E-state index contributed by atoms with van der Waals surface area (Å²) in [5, 5.41) is 0. The summed E-state index contributed by atoms with van der Waals surface area (Å²) in [6.07, 6.45) is 1.58. The van der Waals surface area contributed by atoms with Crippen LogP contribution in [0.15, 0.2) is 140 Å². The van der Waals surface area contributed by atoms with E-state index in [4.69, 9.17) is 24.3 Å². The Morgan fingerprint density at radius 1 is 0.603 bits per heavy atom. The number of benzene rings is 6. The first-order valence-corrected chi connectivity index (χ1v) is 19.7. The maximum atomic E-state index is 8.82. The van der Waals surface area contributed by atoms with Crippen LogP contribution in [0.25, 0.3) is 72.7 Å². The Labute approximate surface area is 354 Å². The molecule has 0 N–H and O–H groups in total. The smallest absolute Gasteiger partial charge is 0.149 e. The van der Waals surface area contributed by atoms with Crippen LogP contribution < -0.4 is 4.74 Å². The molecule has 0 aliphatic rings. The molecule has 0 radical (unpaired) electrons. The van der Waals surface area contributed by atoms with Crippen molar-refractivity contribution < 1.29 is 14.3 Å². The van der Waals surface area contributed by atoms with Crippen LogP contribution in [0.5, 0.6) is 5.75 Å². The number of aryl methyl sites for hydroxylation is 2. The van der Waals surface area contributed by atoms with Gasteiger partial charge in [0.15, 0.2) is 0 Å². The molecule has 290 valence electrons. The molecule has 0 aliphatic carbocycles. The van der Waals surface area contributed by atoms with E-state index in [1.807, 2.05) is 6.07 Å². The molecule has 2 heterocycles. The lowest BCUT2D eigenvalue weighted by atomic mass is 9.83. The van der Waals surface area contributed by atoms with Gasteiger partial charge in [0, 0.05) is 27.1 Å². The van der Waals surface area contributed by atoms with Crippen LogP contribution in [0.1, 0.15) is 79.0 Å². The fourth-order valence-electron chi connectivity index (χ4n) is 7.70. The topological polar surface area (TPSA) is 39.9 Å². The predicted octanol–water partition coefficient (Wildman–Crippen LogP) is 14.3. The van der Waals surface area contributed by atoms with Gasteiger partial charge in [-0.2, -0.15) is 0 Å². The number of fused-ring (bicyclic) bond motifs is 1. The first-order chi connectivity index (χ1) is 30.6. The fourth-order valence-corrected chi connectivity index (χ4v) is 7.70. The highest BCUT2D eigenvalue weighted by Crippen LogP contribution is 2.42. The van der Waals surface area contributed by atoms with E-state index in [9.17, 15) is 0 Å². The zero-order chi connectivity index (χ0) is 46.9. The van der Waals surface area contributed by atoms with Crippen LogP contribution in [-0.2, 0) is 10.8 Å². The molecule has 2 aromatic heterocycles. The van der Waals surface area contributed by atoms with E-state index in [0.29, 0.717) is 11.3 Å². The molecule has 0 aliphatic heterocycles. The summed E-state index contributed by atoms with van der Waals surface area (Å²) in [6.45, 7) is 14.5. The number of rotatable bonds is 7. The minimum atomic E-state index is -2.81. The van der Waals surface area contributed by atoms with E-state index in [1.165, 1.54) is 5.56 Å². The number of hydrogen-bond donors (Lipinski definition) is 0. The molecule has 0 fully saturated rings. The van der Waals surface area contributed by atoms with E-state index in [0.717, 1.165) is 78.4 Å². The summed E-state index contributed by atoms with van der Waals surface area (Å²) < 4.78 is 66.8. The zero-order valence-electron chi connectivity index (χ0n) is 41.7. The van der Waals surface area contributed by atoms with Crippen LogP contribution in [0.3, 0.4) is 0 Å². The maximum absolute atomic E-state index is 8.82. The van der Waals surface area contributed by atoms with Crippen LogP contribution in [-0.4, -0.2) is 21.6 Å². The summed E-state index contributed by atoms with van der Waals surface area (Å²) >= 11 is 0. The SMILES string of the molecule is [2H]c1c([2H])c(C([2H])([2H])[2H])c([2H])c([2H])c1-c1ccnc(-c2cc(-c3cccc4c3nc(-c3cc(C)cc(C)c3OC)n4-c3cc(-c4ccccc4)cc(C(C)(C)C)c3)cc(C(C)(C)C)c2)c1. The first kappa shape index (κ1) is 30.8. The van der Waals surface area contributed by atoms with Crippen molar-refractivity contribution in [3.05, 3.63) is 167 Å². The standard InChI is InChI=1S/C54H53N3O/c1-34-19-21-38(22-20-34)39-23-24-55-48(32-39)42-27-41(29-43(30-42)53(4,5)6)46-17-14-18-49-50(46)56-52(47-26-35(2)25-36(3)51(47)58-10)57(49)45-31-40(37-15-12-11-13-16-37)28-44(33-45)54(7,8)9/h11-33H,1-10H3/i1D3,19D,20D,21D,22D. The van der Waals surface area contributed by atoms with Gasteiger partial charge in [0.25, 0.3) is 0 Å². The Kier molecular flexibility index (Phi) is 7.93. The summed E-state index contributed by atoms with van der Waals surface area (Å²) in [4.78, 5) is 10.3. The number of hydrogen-bond acceptors (Lipinski definition) is 3. The second-order valence-electron chi connectivity index (χ2n) is 17.2. The van der Waals surface area contributed by atoms with Crippen molar-refractivity contribution >= 4 is 11.0 Å². The van der Waals surface area contributed by atoms with Crippen LogP contribution >= 0.6 is 0 Å². The third-order valence-electron chi connectivity index (χ3n) is 10.8. The molecular weight excluding hydrogens is 707 g/mol. The summed E-state index contributed by atoms with van der Waals surface area (Å²) in [6, 6.07) is 35.5. The minimum Gasteiger partial charge on any atom is -0.496 e. The van der Waals surface area contributed by atoms with Crippen molar-refractivity contribution in [2.75, 3.05) is 7.11 Å². The van der Waals surface area contributed by atoms with Gasteiger partial charge >= 0.3 is 0 Å². The number of methoxy groups -OCH3 is 1. The first-order valence-electron chi connectivity index (χ1n) is 23.2. The molecule has 4 nitrogen and oxygen atoms in total. The van der Waals surface area contributed by atoms with Gasteiger partial charge in [-0.05, 0) is 130 Å². The van der Waals surface area contributed by atoms with Crippen LogP contribution in [0.4, 0.5) is 0 Å². The van der Waals surface area contributed by atoms with E-state index in [-0.39, 0.29) is 16.4 Å². The molecule has 6 aromatic carbocycles. The van der Waals surface area contributed by atoms with E-state index < -0.39 is 36.6 Å². The second kappa shape index (κ2) is 14.9. The highest BCUT2D eigenvalue weighted by Gasteiger charge is 2.25. The Morgan fingerprint density at radius 2 is 1.31 bits per heavy atom. The van der Waals surface area contributed by atoms with E-state index in [2.05, 4.69) is 151 Å². The zero-order valence-corrected chi connectivity index (χ0v) is 34.7. The number of para-hydroxylation sites is 1. The van der Waals surface area contributed by atoms with E-state index in [1.54, 1.807) is 25.4 Å². The number of pyridine rings is 1. The lowest BCUT2D eigenvalue weighted by Gasteiger charge is -2.23. The maximum Gasteiger partial charge on any atom is 0.149 e. The highest BCUT2D eigenvalue weighted by atomic mass is 16.5. The molecule has 0 atom stereocenters. The largest absolute Gasteiger partial charge is 0.496 e. The van der Waals surface area contributed by atoms with Crippen molar-refractivity contribution in [2.24, 2.45) is 0 Å². The Bertz CT molecular complexity index is 3130. The quantitative estimate of drug-likeness (QED) is 0.162. The third kappa shape index (κ3) is 7.47. The third-order valence-corrected chi connectivity index (χ3v) is 10.8. The average Bonchev–Trinajstić information content (AvgIpc) is 3.65. The van der Waals surface area contributed by atoms with Crippen molar-refractivity contribution in [2.45, 2.75) is 73.1 Å². The van der Waals surface area contributed by atoms with Gasteiger partial charge < -0.3 is 4.74 Å². The van der Waals surface area contributed by atoms with Crippen molar-refractivity contribution in [1.29, 1.82) is 0 Å². The molecule has 0 amide bonds. The number of imidazole rings is 1. The molecule has 0 saturated heterocycles. The number of aromatic nitrogens is 3. The molecule has 0 bridgehead atoms. The average molecular weight is 767 g/mol. The summed E-state index contributed by atoms with van der Waals surface area (Å²) in [5.41, 5.74) is 12.6. The van der Waals surface area contributed by atoms with E-state index >= 15 is 0 Å². The number of nitrogens with zero attached hydrogens (tertiary/aromatic N) is 3. The van der Waals surface area contributed by atoms with Gasteiger partial charge in [0.05, 0.1) is 34.9 Å². The summed E-state index contributed by atoms with van der Waals surface area (Å²) in [5.74, 6) is 1.49.